The zero-order valence-electron chi connectivity index (χ0n) is 10.3. The van der Waals surface area contributed by atoms with E-state index in [1.807, 2.05) is 6.92 Å². The third-order valence-electron chi connectivity index (χ3n) is 3.51. The Morgan fingerprint density at radius 1 is 1.35 bits per heavy atom. The summed E-state index contributed by atoms with van der Waals surface area (Å²) in [6.07, 6.45) is 3.93. The molecule has 0 spiro atoms. The smallest absolute Gasteiger partial charge is 0.308 e. The summed E-state index contributed by atoms with van der Waals surface area (Å²) in [5.41, 5.74) is 5.77. The van der Waals surface area contributed by atoms with E-state index in [2.05, 4.69) is 5.32 Å². The van der Waals surface area contributed by atoms with Gasteiger partial charge in [0.1, 0.15) is 0 Å². The second kappa shape index (κ2) is 6.59. The fourth-order valence-electron chi connectivity index (χ4n) is 2.16. The quantitative estimate of drug-likeness (QED) is 0.662. The molecule has 1 aliphatic carbocycles. The molecule has 0 aromatic rings. The number of nitrogens with one attached hydrogen (secondary N) is 1. The van der Waals surface area contributed by atoms with Crippen molar-refractivity contribution in [3.8, 4) is 0 Å². The van der Waals surface area contributed by atoms with Crippen LogP contribution in [0.15, 0.2) is 0 Å². The first-order chi connectivity index (χ1) is 8.04. The molecular formula is C12H22N2O3. The van der Waals surface area contributed by atoms with Crippen molar-refractivity contribution in [1.82, 2.24) is 5.32 Å². The number of hydrogen-bond acceptors (Lipinski definition) is 3. The number of nitrogens with two attached hydrogens (primary N) is 1. The Kier molecular flexibility index (Phi) is 5.41. The molecule has 17 heavy (non-hydrogen) atoms. The molecule has 0 aromatic heterocycles. The van der Waals surface area contributed by atoms with Gasteiger partial charge >= 0.3 is 5.97 Å². The SMILES string of the molecule is CCC(CNC(=O)C1CCC(N)CC1)C(=O)O. The molecule has 1 saturated carbocycles. The highest BCUT2D eigenvalue weighted by atomic mass is 16.4. The van der Waals surface area contributed by atoms with Crippen molar-refractivity contribution in [3.05, 3.63) is 0 Å². The summed E-state index contributed by atoms with van der Waals surface area (Å²) in [6, 6.07) is 0.224. The molecule has 1 rings (SSSR count). The molecule has 0 aromatic carbocycles. The zero-order valence-corrected chi connectivity index (χ0v) is 10.3. The van der Waals surface area contributed by atoms with Crippen molar-refractivity contribution < 1.29 is 14.7 Å². The lowest BCUT2D eigenvalue weighted by atomic mass is 9.86. The van der Waals surface area contributed by atoms with Gasteiger partial charge in [0.15, 0.2) is 0 Å². The molecule has 0 aliphatic heterocycles. The van der Waals surface area contributed by atoms with E-state index >= 15 is 0 Å². The molecule has 0 bridgehead atoms. The maximum Gasteiger partial charge on any atom is 0.308 e. The fraction of sp³-hybridized carbons (Fsp3) is 0.833. The highest BCUT2D eigenvalue weighted by molar-refractivity contribution is 5.79. The summed E-state index contributed by atoms with van der Waals surface area (Å²) < 4.78 is 0. The van der Waals surface area contributed by atoms with Crippen LogP contribution in [0.4, 0.5) is 0 Å². The molecule has 0 heterocycles. The van der Waals surface area contributed by atoms with Crippen LogP contribution in [0, 0.1) is 11.8 Å². The van der Waals surface area contributed by atoms with Gasteiger partial charge in [0.05, 0.1) is 5.92 Å². The number of amides is 1. The minimum absolute atomic E-state index is 0.0149. The number of carboxylic acids is 1. The monoisotopic (exact) mass is 242 g/mol. The maximum atomic E-state index is 11.8. The summed E-state index contributed by atoms with van der Waals surface area (Å²) in [5.74, 6) is -1.33. The number of carboxylic acid groups (broad SMARTS) is 1. The first-order valence-corrected chi connectivity index (χ1v) is 6.30. The molecular weight excluding hydrogens is 220 g/mol. The predicted molar refractivity (Wildman–Crippen MR) is 64.4 cm³/mol. The number of carbonyl (C=O) groups excluding carboxylic acids is 1. The average molecular weight is 242 g/mol. The second-order valence-electron chi connectivity index (χ2n) is 4.80. The Balaban J connectivity index is 2.31. The molecule has 1 atom stereocenters. The third kappa shape index (κ3) is 4.34. The summed E-state index contributed by atoms with van der Waals surface area (Å²) in [6.45, 7) is 2.04. The Labute approximate surface area is 102 Å². The van der Waals surface area contributed by atoms with Crippen molar-refractivity contribution in [3.63, 3.8) is 0 Å². The molecule has 1 fully saturated rings. The van der Waals surface area contributed by atoms with Crippen molar-refractivity contribution in [1.29, 1.82) is 0 Å². The zero-order chi connectivity index (χ0) is 12.8. The van der Waals surface area contributed by atoms with E-state index < -0.39 is 11.9 Å². The van der Waals surface area contributed by atoms with Gasteiger partial charge in [-0.25, -0.2) is 0 Å². The largest absolute Gasteiger partial charge is 0.481 e. The van der Waals surface area contributed by atoms with Crippen LogP contribution in [0.25, 0.3) is 0 Å². The van der Waals surface area contributed by atoms with Crippen LogP contribution in [-0.4, -0.2) is 29.6 Å². The predicted octanol–water partition coefficient (Wildman–Crippen LogP) is 0.731. The van der Waals surface area contributed by atoms with E-state index in [0.29, 0.717) is 6.42 Å². The Morgan fingerprint density at radius 2 is 1.94 bits per heavy atom. The second-order valence-corrected chi connectivity index (χ2v) is 4.80. The molecule has 5 heteroatoms. The van der Waals surface area contributed by atoms with E-state index in [1.165, 1.54) is 0 Å². The van der Waals surface area contributed by atoms with Crippen LogP contribution in [0.1, 0.15) is 39.0 Å². The summed E-state index contributed by atoms with van der Waals surface area (Å²) in [7, 11) is 0. The third-order valence-corrected chi connectivity index (χ3v) is 3.51. The summed E-state index contributed by atoms with van der Waals surface area (Å²) >= 11 is 0. The van der Waals surface area contributed by atoms with E-state index in [4.69, 9.17) is 10.8 Å². The molecule has 1 aliphatic rings. The van der Waals surface area contributed by atoms with Crippen molar-refractivity contribution in [2.75, 3.05) is 6.54 Å². The lowest BCUT2D eigenvalue weighted by Gasteiger charge is -2.25. The maximum absolute atomic E-state index is 11.8. The van der Waals surface area contributed by atoms with Crippen LogP contribution < -0.4 is 11.1 Å². The van der Waals surface area contributed by atoms with Gasteiger partial charge in [-0.05, 0) is 32.1 Å². The van der Waals surface area contributed by atoms with E-state index in [9.17, 15) is 9.59 Å². The van der Waals surface area contributed by atoms with E-state index in [0.717, 1.165) is 25.7 Å². The summed E-state index contributed by atoms with van der Waals surface area (Å²) in [5, 5.41) is 11.6. The first kappa shape index (κ1) is 14.0. The highest BCUT2D eigenvalue weighted by Crippen LogP contribution is 2.23. The lowest BCUT2D eigenvalue weighted by molar-refractivity contribution is -0.141. The van der Waals surface area contributed by atoms with Crippen LogP contribution in [-0.2, 0) is 9.59 Å². The molecule has 0 radical (unpaired) electrons. The number of aliphatic carboxylic acids is 1. The standard InChI is InChI=1S/C12H22N2O3/c1-2-8(12(16)17)7-14-11(15)9-3-5-10(13)6-4-9/h8-10H,2-7,13H2,1H3,(H,14,15)(H,16,17). The van der Waals surface area contributed by atoms with Crippen molar-refractivity contribution in [2.45, 2.75) is 45.1 Å². The fourth-order valence-corrected chi connectivity index (χ4v) is 2.16. The molecule has 0 saturated heterocycles. The molecule has 4 N–H and O–H groups in total. The van der Waals surface area contributed by atoms with Gasteiger partial charge in [0.25, 0.3) is 0 Å². The Hall–Kier alpha value is -1.10. The van der Waals surface area contributed by atoms with Crippen LogP contribution in [0.3, 0.4) is 0 Å². The topological polar surface area (TPSA) is 92.4 Å². The Bertz CT molecular complexity index is 273. The molecule has 5 nitrogen and oxygen atoms in total. The van der Waals surface area contributed by atoms with Crippen LogP contribution in [0.2, 0.25) is 0 Å². The number of hydrogen-bond donors (Lipinski definition) is 3. The van der Waals surface area contributed by atoms with E-state index in [1.54, 1.807) is 0 Å². The van der Waals surface area contributed by atoms with Gasteiger partial charge in [0, 0.05) is 18.5 Å². The molecule has 1 unspecified atom stereocenters. The lowest BCUT2D eigenvalue weighted by Crippen LogP contribution is -2.39. The van der Waals surface area contributed by atoms with Gasteiger partial charge < -0.3 is 16.2 Å². The van der Waals surface area contributed by atoms with Gasteiger partial charge in [-0.2, -0.15) is 0 Å². The van der Waals surface area contributed by atoms with Crippen LogP contribution in [0.5, 0.6) is 0 Å². The van der Waals surface area contributed by atoms with Gasteiger partial charge in [-0.15, -0.1) is 0 Å². The minimum Gasteiger partial charge on any atom is -0.481 e. The van der Waals surface area contributed by atoms with Gasteiger partial charge in [-0.3, -0.25) is 9.59 Å². The minimum atomic E-state index is -0.849. The van der Waals surface area contributed by atoms with Gasteiger partial charge in [0.2, 0.25) is 5.91 Å². The van der Waals surface area contributed by atoms with Gasteiger partial charge in [-0.1, -0.05) is 6.92 Å². The first-order valence-electron chi connectivity index (χ1n) is 6.30. The highest BCUT2D eigenvalue weighted by Gasteiger charge is 2.25. The normalized spacial score (nSPS) is 26.2. The molecule has 98 valence electrons. The van der Waals surface area contributed by atoms with Crippen molar-refractivity contribution >= 4 is 11.9 Å². The molecule has 1 amide bonds. The Morgan fingerprint density at radius 3 is 2.41 bits per heavy atom. The summed E-state index contributed by atoms with van der Waals surface area (Å²) in [4.78, 5) is 22.6. The number of rotatable bonds is 5. The van der Waals surface area contributed by atoms with Crippen molar-refractivity contribution in [2.24, 2.45) is 17.6 Å². The number of carbonyl (C=O) groups is 2. The van der Waals surface area contributed by atoms with Crippen LogP contribution >= 0.6 is 0 Å². The van der Waals surface area contributed by atoms with E-state index in [-0.39, 0.29) is 24.4 Å². The average Bonchev–Trinajstić information content (AvgIpc) is 2.30.